The summed E-state index contributed by atoms with van der Waals surface area (Å²) in [7, 11) is 0. The van der Waals surface area contributed by atoms with Gasteiger partial charge in [-0.05, 0) is 19.3 Å². The number of hydrogen-bond donors (Lipinski definition) is 0. The highest BCUT2D eigenvalue weighted by atomic mass is 13.7. The van der Waals surface area contributed by atoms with E-state index < -0.39 is 0 Å². The first-order chi connectivity index (χ1) is 3.41. The van der Waals surface area contributed by atoms with Crippen molar-refractivity contribution in [1.82, 2.24) is 0 Å². The Hall–Kier alpha value is -0.260. The molecule has 0 rings (SSSR count). The monoisotopic (exact) mass is 97.1 g/mol. The maximum Gasteiger partial charge on any atom is -0.0351 e. The second-order valence-electron chi connectivity index (χ2n) is 1.52. The lowest BCUT2D eigenvalue weighted by molar-refractivity contribution is 1.04. The van der Waals surface area contributed by atoms with Crippen molar-refractivity contribution < 1.29 is 0 Å². The van der Waals surface area contributed by atoms with E-state index in [1.807, 2.05) is 0 Å². The molecule has 0 atom stereocenters. The molecule has 0 saturated carbocycles. The Kier molecular flexibility index (Phi) is 5.53. The summed E-state index contributed by atoms with van der Waals surface area (Å²) in [5.41, 5.74) is 0. The summed E-state index contributed by atoms with van der Waals surface area (Å²) >= 11 is 0. The molecule has 0 fully saturated rings. The normalized spacial score (nSPS) is 10.6. The molecule has 0 heterocycles. The summed E-state index contributed by atoms with van der Waals surface area (Å²) in [6.07, 6.45) is 7.66. The van der Waals surface area contributed by atoms with Crippen molar-refractivity contribution >= 4 is 0 Å². The molecule has 0 nitrogen and oxygen atoms in total. The average Bonchev–Trinajstić information content (AvgIpc) is 1.69. The van der Waals surface area contributed by atoms with Gasteiger partial charge in [0.25, 0.3) is 0 Å². The maximum absolute atomic E-state index is 3.71. The van der Waals surface area contributed by atoms with Crippen LogP contribution in [0.1, 0.15) is 26.2 Å². The highest BCUT2D eigenvalue weighted by molar-refractivity contribution is 4.79. The molecule has 0 bridgehead atoms. The van der Waals surface area contributed by atoms with E-state index in [0.29, 0.717) is 0 Å². The number of hydrogen-bond acceptors (Lipinski definition) is 0. The highest BCUT2D eigenvalue weighted by Crippen LogP contribution is 1.88. The van der Waals surface area contributed by atoms with Gasteiger partial charge in [0.2, 0.25) is 0 Å². The van der Waals surface area contributed by atoms with Crippen LogP contribution in [0.3, 0.4) is 0 Å². The first-order valence-electron chi connectivity index (χ1n) is 2.86. The van der Waals surface area contributed by atoms with Crippen molar-refractivity contribution in [3.05, 3.63) is 19.1 Å². The third-order valence-electron chi connectivity index (χ3n) is 0.773. The number of unbranched alkanes of at least 4 members (excludes halogenated alkanes) is 1. The van der Waals surface area contributed by atoms with Crippen molar-refractivity contribution in [3.63, 3.8) is 0 Å². The summed E-state index contributed by atoms with van der Waals surface area (Å²) in [4.78, 5) is 0. The Balaban J connectivity index is 2.78. The fraction of sp³-hybridized carbons (Fsp3) is 0.571. The van der Waals surface area contributed by atoms with Crippen molar-refractivity contribution in [2.45, 2.75) is 26.2 Å². The highest BCUT2D eigenvalue weighted by Gasteiger charge is 1.68. The van der Waals surface area contributed by atoms with Crippen molar-refractivity contribution in [2.24, 2.45) is 0 Å². The van der Waals surface area contributed by atoms with Crippen LogP contribution in [0.5, 0.6) is 0 Å². The Morgan fingerprint density at radius 1 is 1.43 bits per heavy atom. The lowest BCUT2D eigenvalue weighted by Crippen LogP contribution is -1.59. The van der Waals surface area contributed by atoms with Crippen LogP contribution < -0.4 is 0 Å². The van der Waals surface area contributed by atoms with Crippen LogP contribution in [0.2, 0.25) is 0 Å². The predicted molar refractivity (Wildman–Crippen MR) is 34.0 cm³/mol. The van der Waals surface area contributed by atoms with Crippen LogP contribution in [0.4, 0.5) is 0 Å². The molecule has 0 saturated heterocycles. The van der Waals surface area contributed by atoms with Gasteiger partial charge in [-0.25, -0.2) is 0 Å². The van der Waals surface area contributed by atoms with Crippen molar-refractivity contribution in [3.8, 4) is 0 Å². The SMILES string of the molecule is [CH2]CC/C=C/CC. The summed E-state index contributed by atoms with van der Waals surface area (Å²) in [5, 5.41) is 0. The number of allylic oxidation sites excluding steroid dienone is 2. The molecule has 41 valence electrons. The van der Waals surface area contributed by atoms with E-state index in [-0.39, 0.29) is 0 Å². The average molecular weight is 97.2 g/mol. The van der Waals surface area contributed by atoms with E-state index >= 15 is 0 Å². The van der Waals surface area contributed by atoms with E-state index in [1.54, 1.807) is 0 Å². The van der Waals surface area contributed by atoms with Gasteiger partial charge in [0.1, 0.15) is 0 Å². The smallest absolute Gasteiger partial charge is 0.0351 e. The van der Waals surface area contributed by atoms with Crippen LogP contribution in [0, 0.1) is 6.92 Å². The Labute approximate surface area is 46.2 Å². The third-order valence-corrected chi connectivity index (χ3v) is 0.773. The minimum atomic E-state index is 1.02. The molecule has 0 aliphatic heterocycles. The molecular formula is C7H13. The zero-order chi connectivity index (χ0) is 5.54. The lowest BCUT2D eigenvalue weighted by Gasteiger charge is -1.79. The van der Waals surface area contributed by atoms with E-state index in [9.17, 15) is 0 Å². The Morgan fingerprint density at radius 2 is 2.14 bits per heavy atom. The van der Waals surface area contributed by atoms with Gasteiger partial charge in [-0.1, -0.05) is 26.0 Å². The van der Waals surface area contributed by atoms with Crippen molar-refractivity contribution in [1.29, 1.82) is 0 Å². The summed E-state index contributed by atoms with van der Waals surface area (Å²) in [6.45, 7) is 5.84. The van der Waals surface area contributed by atoms with Gasteiger partial charge in [0, 0.05) is 0 Å². The first-order valence-corrected chi connectivity index (χ1v) is 2.86. The van der Waals surface area contributed by atoms with E-state index in [1.165, 1.54) is 0 Å². The molecule has 1 radical (unpaired) electrons. The maximum atomic E-state index is 3.71. The summed E-state index contributed by atoms with van der Waals surface area (Å²) < 4.78 is 0. The van der Waals surface area contributed by atoms with Gasteiger partial charge in [-0.3, -0.25) is 0 Å². The summed E-state index contributed by atoms with van der Waals surface area (Å²) in [5.74, 6) is 0. The lowest BCUT2D eigenvalue weighted by atomic mass is 10.3. The van der Waals surface area contributed by atoms with Crippen LogP contribution in [0.25, 0.3) is 0 Å². The standard InChI is InChI=1S/C7H13/c1-3-5-7-6-4-2/h6-7H,1,3-5H2,2H3/b7-6+. The van der Waals surface area contributed by atoms with Crippen LogP contribution in [-0.2, 0) is 0 Å². The zero-order valence-electron chi connectivity index (χ0n) is 4.98. The topological polar surface area (TPSA) is 0 Å². The minimum Gasteiger partial charge on any atom is -0.0888 e. The van der Waals surface area contributed by atoms with E-state index in [4.69, 9.17) is 0 Å². The molecule has 0 aromatic carbocycles. The molecule has 0 heteroatoms. The molecule has 7 heavy (non-hydrogen) atoms. The van der Waals surface area contributed by atoms with E-state index in [2.05, 4.69) is 26.0 Å². The zero-order valence-corrected chi connectivity index (χ0v) is 4.98. The van der Waals surface area contributed by atoms with Crippen molar-refractivity contribution in [2.75, 3.05) is 0 Å². The molecule has 0 amide bonds. The van der Waals surface area contributed by atoms with Gasteiger partial charge in [-0.2, -0.15) is 0 Å². The molecule has 0 aromatic heterocycles. The summed E-state index contributed by atoms with van der Waals surface area (Å²) in [6, 6.07) is 0. The van der Waals surface area contributed by atoms with Gasteiger partial charge in [0.05, 0.1) is 0 Å². The Bertz CT molecular complexity index is 44.0. The molecular weight excluding hydrogens is 84.1 g/mol. The predicted octanol–water partition coefficient (Wildman–Crippen LogP) is 2.57. The van der Waals surface area contributed by atoms with Gasteiger partial charge < -0.3 is 0 Å². The Morgan fingerprint density at radius 3 is 2.57 bits per heavy atom. The van der Waals surface area contributed by atoms with Crippen LogP contribution in [0.15, 0.2) is 12.2 Å². The van der Waals surface area contributed by atoms with Crippen LogP contribution >= 0.6 is 0 Å². The third kappa shape index (κ3) is 5.74. The molecule has 0 aliphatic rings. The molecule has 0 spiro atoms. The molecule has 0 unspecified atom stereocenters. The quantitative estimate of drug-likeness (QED) is 0.475. The van der Waals surface area contributed by atoms with Crippen LogP contribution in [-0.4, -0.2) is 0 Å². The molecule has 0 aromatic rings. The first kappa shape index (κ1) is 6.74. The minimum absolute atomic E-state index is 1.02. The second kappa shape index (κ2) is 5.74. The van der Waals surface area contributed by atoms with E-state index in [0.717, 1.165) is 19.3 Å². The van der Waals surface area contributed by atoms with Gasteiger partial charge in [-0.15, -0.1) is 0 Å². The molecule has 0 aliphatic carbocycles. The number of rotatable bonds is 3. The second-order valence-corrected chi connectivity index (χ2v) is 1.52. The molecule has 0 N–H and O–H groups in total. The fourth-order valence-electron chi connectivity index (χ4n) is 0.402. The van der Waals surface area contributed by atoms with Gasteiger partial charge in [0.15, 0.2) is 0 Å². The largest absolute Gasteiger partial charge is 0.0888 e. The van der Waals surface area contributed by atoms with Gasteiger partial charge >= 0.3 is 0 Å². The fourth-order valence-corrected chi connectivity index (χ4v) is 0.402.